The van der Waals surface area contributed by atoms with Crippen LogP contribution in [-0.2, 0) is 4.79 Å². The van der Waals surface area contributed by atoms with Crippen molar-refractivity contribution < 1.29 is 9.59 Å². The van der Waals surface area contributed by atoms with E-state index in [1.54, 1.807) is 11.0 Å². The molecule has 2 amide bonds. The first-order valence-corrected chi connectivity index (χ1v) is 7.38. The molecular weight excluding hydrogens is 272 g/mol. The zero-order valence-electron chi connectivity index (χ0n) is 11.9. The largest absolute Gasteiger partial charge is 0.369 e. The summed E-state index contributed by atoms with van der Waals surface area (Å²) >= 11 is 1.29. The van der Waals surface area contributed by atoms with Crippen molar-refractivity contribution in [3.05, 3.63) is 42.0 Å². The summed E-state index contributed by atoms with van der Waals surface area (Å²) in [5.74, 6) is -0.286. The number of thioether (sulfide) groups is 1. The van der Waals surface area contributed by atoms with E-state index in [-0.39, 0.29) is 11.7 Å². The second kappa shape index (κ2) is 7.75. The van der Waals surface area contributed by atoms with Crippen LogP contribution in [0.3, 0.4) is 0 Å². The highest BCUT2D eigenvalue weighted by atomic mass is 32.2. The van der Waals surface area contributed by atoms with Crippen LogP contribution in [0.15, 0.2) is 41.3 Å². The van der Waals surface area contributed by atoms with Gasteiger partial charge in [0.25, 0.3) is 5.91 Å². The maximum absolute atomic E-state index is 12.5. The third-order valence-corrected chi connectivity index (χ3v) is 3.71. The average molecular weight is 292 g/mol. The number of amides is 2. The van der Waals surface area contributed by atoms with Crippen LogP contribution in [0.25, 0.3) is 0 Å². The molecule has 20 heavy (non-hydrogen) atoms. The number of nitrogens with two attached hydrogens (primary N) is 1. The van der Waals surface area contributed by atoms with E-state index in [0.717, 1.165) is 10.5 Å². The molecule has 0 unspecified atom stereocenters. The Labute approximate surface area is 124 Å². The zero-order chi connectivity index (χ0) is 15.1. The van der Waals surface area contributed by atoms with Crippen LogP contribution in [0.5, 0.6) is 0 Å². The van der Waals surface area contributed by atoms with Crippen LogP contribution < -0.4 is 5.73 Å². The van der Waals surface area contributed by atoms with Crippen LogP contribution >= 0.6 is 11.8 Å². The van der Waals surface area contributed by atoms with Gasteiger partial charge in [0, 0.05) is 18.0 Å². The molecule has 1 aromatic rings. The molecule has 0 spiro atoms. The van der Waals surface area contributed by atoms with Crippen LogP contribution in [-0.4, -0.2) is 35.6 Å². The first kappa shape index (κ1) is 16.3. The summed E-state index contributed by atoms with van der Waals surface area (Å²) in [5.41, 5.74) is 6.68. The fourth-order valence-corrected chi connectivity index (χ4v) is 2.52. The van der Waals surface area contributed by atoms with Gasteiger partial charge in [-0.25, -0.2) is 0 Å². The molecule has 0 heterocycles. The molecule has 1 aromatic carbocycles. The van der Waals surface area contributed by atoms with Crippen molar-refractivity contribution >= 4 is 23.6 Å². The Morgan fingerprint density at radius 2 is 2.00 bits per heavy atom. The Balaban J connectivity index is 2.96. The van der Waals surface area contributed by atoms with Crippen molar-refractivity contribution in [2.75, 3.05) is 18.8 Å². The van der Waals surface area contributed by atoms with E-state index in [1.165, 1.54) is 11.8 Å². The number of likely N-dealkylation sites (N-methyl/N-ethyl adjacent to an activating group) is 1. The lowest BCUT2D eigenvalue weighted by Crippen LogP contribution is -2.32. The standard InChI is InChI=1S/C15H20N2O2S/c1-4-17(9-11(2)3)15(19)12-7-5-6-8-13(12)20-10-14(16)18/h5-8H,2,4,9-10H2,1,3H3,(H2,16,18). The molecular formula is C15H20N2O2S. The predicted octanol–water partition coefficient (Wildman–Crippen LogP) is 2.30. The fraction of sp³-hybridized carbons (Fsp3) is 0.333. The molecule has 1 rings (SSSR count). The van der Waals surface area contributed by atoms with Gasteiger partial charge < -0.3 is 10.6 Å². The zero-order valence-corrected chi connectivity index (χ0v) is 12.7. The summed E-state index contributed by atoms with van der Waals surface area (Å²) in [6.45, 7) is 8.81. The van der Waals surface area contributed by atoms with Crippen molar-refractivity contribution in [2.45, 2.75) is 18.7 Å². The molecule has 0 saturated heterocycles. The SMILES string of the molecule is C=C(C)CN(CC)C(=O)c1ccccc1SCC(N)=O. The molecule has 0 aliphatic rings. The molecule has 4 nitrogen and oxygen atoms in total. The Hall–Kier alpha value is -1.75. The van der Waals surface area contributed by atoms with Gasteiger partial charge >= 0.3 is 0 Å². The number of carbonyl (C=O) groups is 2. The predicted molar refractivity (Wildman–Crippen MR) is 82.8 cm³/mol. The number of nitrogens with zero attached hydrogens (tertiary/aromatic N) is 1. The normalized spacial score (nSPS) is 10.1. The van der Waals surface area contributed by atoms with Gasteiger partial charge in [-0.3, -0.25) is 9.59 Å². The van der Waals surface area contributed by atoms with E-state index in [1.807, 2.05) is 32.0 Å². The first-order chi connectivity index (χ1) is 9.45. The van der Waals surface area contributed by atoms with E-state index in [2.05, 4.69) is 6.58 Å². The van der Waals surface area contributed by atoms with E-state index in [4.69, 9.17) is 5.73 Å². The molecule has 0 aromatic heterocycles. The topological polar surface area (TPSA) is 63.4 Å². The van der Waals surface area contributed by atoms with E-state index in [9.17, 15) is 9.59 Å². The van der Waals surface area contributed by atoms with Crippen molar-refractivity contribution in [1.82, 2.24) is 4.90 Å². The van der Waals surface area contributed by atoms with E-state index < -0.39 is 5.91 Å². The van der Waals surface area contributed by atoms with Gasteiger partial charge in [0.1, 0.15) is 0 Å². The van der Waals surface area contributed by atoms with Gasteiger partial charge in [-0.15, -0.1) is 11.8 Å². The number of hydrogen-bond acceptors (Lipinski definition) is 3. The van der Waals surface area contributed by atoms with Gasteiger partial charge in [-0.1, -0.05) is 24.3 Å². The molecule has 0 radical (unpaired) electrons. The summed E-state index contributed by atoms with van der Waals surface area (Å²) in [4.78, 5) is 25.9. The first-order valence-electron chi connectivity index (χ1n) is 6.39. The van der Waals surface area contributed by atoms with E-state index in [0.29, 0.717) is 18.7 Å². The minimum atomic E-state index is -0.397. The summed E-state index contributed by atoms with van der Waals surface area (Å²) in [5, 5.41) is 0. The Morgan fingerprint density at radius 3 is 2.55 bits per heavy atom. The van der Waals surface area contributed by atoms with Gasteiger partial charge in [-0.05, 0) is 26.0 Å². The lowest BCUT2D eigenvalue weighted by atomic mass is 10.2. The van der Waals surface area contributed by atoms with E-state index >= 15 is 0 Å². The summed E-state index contributed by atoms with van der Waals surface area (Å²) in [6.07, 6.45) is 0. The van der Waals surface area contributed by atoms with Crippen LogP contribution in [0.2, 0.25) is 0 Å². The number of rotatable bonds is 7. The molecule has 0 fully saturated rings. The minimum Gasteiger partial charge on any atom is -0.369 e. The van der Waals surface area contributed by atoms with Crippen molar-refractivity contribution in [1.29, 1.82) is 0 Å². The number of carbonyl (C=O) groups excluding carboxylic acids is 2. The number of benzene rings is 1. The molecule has 0 bridgehead atoms. The van der Waals surface area contributed by atoms with Crippen LogP contribution in [0.4, 0.5) is 0 Å². The lowest BCUT2D eigenvalue weighted by molar-refractivity contribution is -0.115. The second-order valence-electron chi connectivity index (χ2n) is 4.53. The van der Waals surface area contributed by atoms with Gasteiger partial charge in [-0.2, -0.15) is 0 Å². The maximum Gasteiger partial charge on any atom is 0.255 e. The van der Waals surface area contributed by atoms with Crippen LogP contribution in [0, 0.1) is 0 Å². The highest BCUT2D eigenvalue weighted by Crippen LogP contribution is 2.23. The quantitative estimate of drug-likeness (QED) is 0.619. The summed E-state index contributed by atoms with van der Waals surface area (Å²) in [7, 11) is 0. The molecule has 5 heteroatoms. The van der Waals surface area contributed by atoms with Crippen molar-refractivity contribution in [3.8, 4) is 0 Å². The second-order valence-corrected chi connectivity index (χ2v) is 5.54. The lowest BCUT2D eigenvalue weighted by Gasteiger charge is -2.22. The molecule has 0 saturated carbocycles. The Kier molecular flexibility index (Phi) is 6.31. The van der Waals surface area contributed by atoms with Crippen LogP contribution in [0.1, 0.15) is 24.2 Å². The van der Waals surface area contributed by atoms with Gasteiger partial charge in [0.15, 0.2) is 0 Å². The average Bonchev–Trinajstić information content (AvgIpc) is 2.41. The molecule has 0 aliphatic heterocycles. The molecule has 0 aliphatic carbocycles. The van der Waals surface area contributed by atoms with Gasteiger partial charge in [0.05, 0.1) is 11.3 Å². The molecule has 0 atom stereocenters. The third-order valence-electron chi connectivity index (χ3n) is 2.62. The van der Waals surface area contributed by atoms with Crippen molar-refractivity contribution in [3.63, 3.8) is 0 Å². The Bertz CT molecular complexity index is 514. The monoisotopic (exact) mass is 292 g/mol. The molecule has 2 N–H and O–H groups in total. The fourth-order valence-electron chi connectivity index (χ4n) is 1.74. The minimum absolute atomic E-state index is 0.0527. The summed E-state index contributed by atoms with van der Waals surface area (Å²) in [6, 6.07) is 7.26. The maximum atomic E-state index is 12.5. The third kappa shape index (κ3) is 4.74. The highest BCUT2D eigenvalue weighted by molar-refractivity contribution is 8.00. The summed E-state index contributed by atoms with van der Waals surface area (Å²) < 4.78 is 0. The smallest absolute Gasteiger partial charge is 0.255 e. The highest BCUT2D eigenvalue weighted by Gasteiger charge is 2.17. The number of primary amides is 1. The van der Waals surface area contributed by atoms with Crippen molar-refractivity contribution in [2.24, 2.45) is 5.73 Å². The van der Waals surface area contributed by atoms with Gasteiger partial charge in [0.2, 0.25) is 5.91 Å². The number of hydrogen-bond donors (Lipinski definition) is 1. The Morgan fingerprint density at radius 1 is 1.35 bits per heavy atom. The molecule has 108 valence electrons.